The summed E-state index contributed by atoms with van der Waals surface area (Å²) in [5, 5.41) is 5.66. The van der Waals surface area contributed by atoms with E-state index in [2.05, 4.69) is 20.6 Å². The van der Waals surface area contributed by atoms with Gasteiger partial charge in [0.25, 0.3) is 11.8 Å². The van der Waals surface area contributed by atoms with Crippen LogP contribution in [0.5, 0.6) is 0 Å². The van der Waals surface area contributed by atoms with Crippen LogP contribution in [0.4, 0.5) is 0 Å². The van der Waals surface area contributed by atoms with Gasteiger partial charge in [0.15, 0.2) is 23.8 Å². The van der Waals surface area contributed by atoms with Crippen molar-refractivity contribution in [2.45, 2.75) is 13.1 Å². The van der Waals surface area contributed by atoms with Crippen molar-refractivity contribution < 1.29 is 19.6 Å². The number of amides is 2. The maximum atomic E-state index is 12.3. The first-order chi connectivity index (χ1) is 12.7. The highest BCUT2D eigenvalue weighted by molar-refractivity contribution is 5.99. The monoisotopic (exact) mass is 348 g/mol. The normalized spacial score (nSPS) is 10.2. The lowest BCUT2D eigenvalue weighted by Gasteiger charge is -2.06. The molecule has 0 radical (unpaired) electrons. The standard InChI is InChI=1S/C20H18N4O2/c25-19(23-13-17-8-1-3-10-21-17)15-6-5-7-16(12-15)20(26)24-14-18-9-2-4-11-22-18/h1-12H,13-14H2,(H,23,25)(H,24,26)/p+2. The molecule has 0 saturated carbocycles. The Morgan fingerprint density at radius 1 is 0.692 bits per heavy atom. The predicted octanol–water partition coefficient (Wildman–Crippen LogP) is 1.17. The number of carbonyl (C=O) groups excluding carboxylic acids is 2. The second-order valence-corrected chi connectivity index (χ2v) is 5.72. The number of hydrogen-bond acceptors (Lipinski definition) is 2. The molecule has 0 bridgehead atoms. The van der Waals surface area contributed by atoms with E-state index in [9.17, 15) is 9.59 Å². The maximum absolute atomic E-state index is 12.3. The summed E-state index contributed by atoms with van der Waals surface area (Å²) in [6, 6.07) is 18.0. The van der Waals surface area contributed by atoms with Gasteiger partial charge in [-0.3, -0.25) is 9.59 Å². The van der Waals surface area contributed by atoms with Crippen LogP contribution in [-0.4, -0.2) is 11.8 Å². The highest BCUT2D eigenvalue weighted by Gasteiger charge is 2.12. The number of pyridine rings is 2. The molecular weight excluding hydrogens is 328 g/mol. The predicted molar refractivity (Wildman–Crippen MR) is 94.8 cm³/mol. The van der Waals surface area contributed by atoms with Gasteiger partial charge in [0, 0.05) is 35.4 Å². The minimum absolute atomic E-state index is 0.228. The van der Waals surface area contributed by atoms with Crippen LogP contribution in [-0.2, 0) is 13.1 Å². The summed E-state index contributed by atoms with van der Waals surface area (Å²) in [7, 11) is 0. The van der Waals surface area contributed by atoms with E-state index in [0.29, 0.717) is 24.2 Å². The topological polar surface area (TPSA) is 86.5 Å². The third kappa shape index (κ3) is 4.73. The van der Waals surface area contributed by atoms with E-state index in [-0.39, 0.29) is 11.8 Å². The molecule has 0 atom stereocenters. The molecule has 3 rings (SSSR count). The summed E-state index contributed by atoms with van der Waals surface area (Å²) in [4.78, 5) is 30.7. The second-order valence-electron chi connectivity index (χ2n) is 5.72. The van der Waals surface area contributed by atoms with Crippen LogP contribution < -0.4 is 20.6 Å². The third-order valence-corrected chi connectivity index (χ3v) is 3.81. The summed E-state index contributed by atoms with van der Waals surface area (Å²) in [6.45, 7) is 0.778. The number of H-pyrrole nitrogens is 2. The Bertz CT molecular complexity index is 812. The van der Waals surface area contributed by atoms with Crippen LogP contribution in [0.15, 0.2) is 73.1 Å². The van der Waals surface area contributed by atoms with E-state index in [1.54, 1.807) is 36.7 Å². The van der Waals surface area contributed by atoms with Gasteiger partial charge in [-0.2, -0.15) is 0 Å². The first-order valence-electron chi connectivity index (χ1n) is 8.30. The lowest BCUT2D eigenvalue weighted by atomic mass is 10.1. The molecule has 6 nitrogen and oxygen atoms in total. The molecule has 2 amide bonds. The first kappa shape index (κ1) is 17.3. The molecule has 0 spiro atoms. The zero-order chi connectivity index (χ0) is 18.2. The van der Waals surface area contributed by atoms with Crippen LogP contribution in [0.1, 0.15) is 32.1 Å². The molecule has 3 aromatic rings. The fourth-order valence-electron chi connectivity index (χ4n) is 2.44. The Balaban J connectivity index is 1.60. The Hall–Kier alpha value is -3.54. The van der Waals surface area contributed by atoms with Crippen molar-refractivity contribution in [3.05, 3.63) is 95.6 Å². The molecule has 1 aromatic carbocycles. The number of carbonyl (C=O) groups is 2. The molecule has 2 aromatic heterocycles. The van der Waals surface area contributed by atoms with Crippen molar-refractivity contribution in [2.75, 3.05) is 0 Å². The minimum atomic E-state index is -0.228. The minimum Gasteiger partial charge on any atom is -0.342 e. The van der Waals surface area contributed by atoms with Crippen molar-refractivity contribution in [3.63, 3.8) is 0 Å². The van der Waals surface area contributed by atoms with Crippen molar-refractivity contribution in [1.82, 2.24) is 10.6 Å². The van der Waals surface area contributed by atoms with E-state index in [1.165, 1.54) is 0 Å². The summed E-state index contributed by atoms with van der Waals surface area (Å²) in [6.07, 6.45) is 3.60. The Morgan fingerprint density at radius 2 is 1.19 bits per heavy atom. The molecule has 0 fully saturated rings. The summed E-state index contributed by atoms with van der Waals surface area (Å²) < 4.78 is 0. The van der Waals surface area contributed by atoms with Crippen molar-refractivity contribution >= 4 is 11.8 Å². The molecule has 4 N–H and O–H groups in total. The van der Waals surface area contributed by atoms with Crippen molar-refractivity contribution in [2.24, 2.45) is 0 Å². The van der Waals surface area contributed by atoms with Gasteiger partial charge < -0.3 is 10.6 Å². The fourth-order valence-corrected chi connectivity index (χ4v) is 2.44. The molecule has 130 valence electrons. The molecular formula is C20H20N4O2+2. The zero-order valence-corrected chi connectivity index (χ0v) is 14.2. The van der Waals surface area contributed by atoms with Crippen LogP contribution >= 0.6 is 0 Å². The van der Waals surface area contributed by atoms with Gasteiger partial charge in [-0.05, 0) is 18.2 Å². The SMILES string of the molecule is O=C(NCc1cccc[nH+]1)c1cccc(C(=O)NCc2cccc[nH+]2)c1. The number of nitrogens with one attached hydrogen (secondary N) is 4. The van der Waals surface area contributed by atoms with Gasteiger partial charge >= 0.3 is 0 Å². The first-order valence-corrected chi connectivity index (χ1v) is 8.30. The van der Waals surface area contributed by atoms with Crippen LogP contribution in [0.2, 0.25) is 0 Å². The molecule has 0 saturated heterocycles. The second kappa shape index (κ2) is 8.53. The summed E-state index contributed by atoms with van der Waals surface area (Å²) in [5.41, 5.74) is 2.68. The number of rotatable bonds is 6. The average molecular weight is 348 g/mol. The van der Waals surface area contributed by atoms with E-state index in [0.717, 1.165) is 11.4 Å². The van der Waals surface area contributed by atoms with E-state index >= 15 is 0 Å². The highest BCUT2D eigenvalue weighted by Crippen LogP contribution is 2.06. The lowest BCUT2D eigenvalue weighted by Crippen LogP contribution is -2.28. The number of hydrogen-bond donors (Lipinski definition) is 2. The van der Waals surface area contributed by atoms with Gasteiger partial charge in [-0.1, -0.05) is 18.2 Å². The lowest BCUT2D eigenvalue weighted by molar-refractivity contribution is -0.391. The van der Waals surface area contributed by atoms with Gasteiger partial charge in [-0.25, -0.2) is 9.97 Å². The molecule has 2 heterocycles. The largest absolute Gasteiger partial charge is 0.342 e. The molecule has 6 heteroatoms. The van der Waals surface area contributed by atoms with Crippen LogP contribution in [0.25, 0.3) is 0 Å². The maximum Gasteiger partial charge on any atom is 0.251 e. The molecule has 0 aliphatic rings. The van der Waals surface area contributed by atoms with Gasteiger partial charge in [0.1, 0.15) is 13.1 Å². The number of benzene rings is 1. The smallest absolute Gasteiger partial charge is 0.251 e. The Labute approximate surface area is 151 Å². The van der Waals surface area contributed by atoms with Crippen LogP contribution in [0.3, 0.4) is 0 Å². The van der Waals surface area contributed by atoms with E-state index < -0.39 is 0 Å². The fraction of sp³-hybridized carbons (Fsp3) is 0.100. The molecule has 0 aliphatic carbocycles. The van der Waals surface area contributed by atoms with Gasteiger partial charge in [-0.15, -0.1) is 0 Å². The quantitative estimate of drug-likeness (QED) is 0.701. The zero-order valence-electron chi connectivity index (χ0n) is 14.2. The number of aromatic nitrogens is 2. The molecule has 0 aliphatic heterocycles. The Morgan fingerprint density at radius 3 is 1.62 bits per heavy atom. The summed E-state index contributed by atoms with van der Waals surface area (Å²) >= 11 is 0. The third-order valence-electron chi connectivity index (χ3n) is 3.81. The number of aromatic amines is 2. The van der Waals surface area contributed by atoms with Crippen molar-refractivity contribution in [3.8, 4) is 0 Å². The Kier molecular flexibility index (Phi) is 5.67. The molecule has 26 heavy (non-hydrogen) atoms. The van der Waals surface area contributed by atoms with Gasteiger partial charge in [0.05, 0.1) is 0 Å². The van der Waals surface area contributed by atoms with E-state index in [4.69, 9.17) is 0 Å². The average Bonchev–Trinajstić information content (AvgIpc) is 2.72. The highest BCUT2D eigenvalue weighted by atomic mass is 16.2. The molecule has 0 unspecified atom stereocenters. The summed E-state index contributed by atoms with van der Waals surface area (Å²) in [5.74, 6) is -0.457. The van der Waals surface area contributed by atoms with Crippen LogP contribution in [0, 0.1) is 0 Å². The van der Waals surface area contributed by atoms with E-state index in [1.807, 2.05) is 36.4 Å². The van der Waals surface area contributed by atoms with Gasteiger partial charge in [0.2, 0.25) is 0 Å². The van der Waals surface area contributed by atoms with Crippen molar-refractivity contribution in [1.29, 1.82) is 0 Å².